The molecule has 1 N–H and O–H groups in total. The van der Waals surface area contributed by atoms with Gasteiger partial charge in [0.2, 0.25) is 0 Å². The number of nitrogens with one attached hydrogen (secondary N) is 1. The first-order chi connectivity index (χ1) is 13.1. The molecule has 2 fully saturated rings. The van der Waals surface area contributed by atoms with Crippen LogP contribution < -0.4 is 5.32 Å². The lowest BCUT2D eigenvalue weighted by Gasteiger charge is -2.31. The van der Waals surface area contributed by atoms with Crippen molar-refractivity contribution in [2.24, 2.45) is 0 Å². The minimum absolute atomic E-state index is 0.00830. The van der Waals surface area contributed by atoms with E-state index in [1.54, 1.807) is 6.08 Å². The summed E-state index contributed by atoms with van der Waals surface area (Å²) in [7, 11) is 0. The zero-order valence-corrected chi connectivity index (χ0v) is 14.9. The van der Waals surface area contributed by atoms with Gasteiger partial charge in [-0.25, -0.2) is 4.79 Å². The summed E-state index contributed by atoms with van der Waals surface area (Å²) in [6.45, 7) is 0. The van der Waals surface area contributed by atoms with Gasteiger partial charge in [0, 0.05) is 6.04 Å². The highest BCUT2D eigenvalue weighted by Gasteiger charge is 2.40. The lowest BCUT2D eigenvalue weighted by Crippen LogP contribution is -2.57. The van der Waals surface area contributed by atoms with Crippen molar-refractivity contribution in [2.75, 3.05) is 0 Å². The van der Waals surface area contributed by atoms with Crippen molar-refractivity contribution < 1.29 is 14.4 Å². The Kier molecular flexibility index (Phi) is 4.59. The second-order valence-corrected chi connectivity index (χ2v) is 6.92. The van der Waals surface area contributed by atoms with Crippen LogP contribution in [0.25, 0.3) is 17.2 Å². The largest absolute Gasteiger partial charge is 0.331 e. The van der Waals surface area contributed by atoms with Crippen molar-refractivity contribution in [1.82, 2.24) is 10.2 Å². The lowest BCUT2D eigenvalue weighted by molar-refractivity contribution is -0.131. The molecule has 0 aromatic heterocycles. The Morgan fingerprint density at radius 3 is 2.15 bits per heavy atom. The lowest BCUT2D eigenvalue weighted by atomic mass is 10.0. The van der Waals surface area contributed by atoms with E-state index in [0.717, 1.165) is 42.4 Å². The molecule has 1 aliphatic heterocycles. The molecule has 2 aromatic carbocycles. The van der Waals surface area contributed by atoms with E-state index in [2.05, 4.69) is 5.32 Å². The van der Waals surface area contributed by atoms with Crippen molar-refractivity contribution in [2.45, 2.75) is 31.7 Å². The van der Waals surface area contributed by atoms with Crippen molar-refractivity contribution in [1.29, 1.82) is 0 Å². The van der Waals surface area contributed by atoms with Crippen LogP contribution in [-0.2, 0) is 9.59 Å². The number of amides is 4. The SMILES string of the molecule is O=C1NC(=O)N(C2CCCC2)C(=O)/C1=C/c1ccc(-c2ccccc2)cc1. The average Bonchev–Trinajstić information content (AvgIpc) is 3.20. The van der Waals surface area contributed by atoms with E-state index in [-0.39, 0.29) is 11.6 Å². The number of imide groups is 2. The smallest absolute Gasteiger partial charge is 0.273 e. The molecule has 1 saturated carbocycles. The van der Waals surface area contributed by atoms with Crippen LogP contribution in [0.3, 0.4) is 0 Å². The van der Waals surface area contributed by atoms with Gasteiger partial charge in [-0.2, -0.15) is 0 Å². The standard InChI is InChI=1S/C22H20N2O3/c25-20-19(21(26)24(22(27)23-20)18-8-4-5-9-18)14-15-10-12-17(13-11-15)16-6-2-1-3-7-16/h1-3,6-7,10-14,18H,4-5,8-9H2,(H,23,25,27)/b19-14+. The third kappa shape index (κ3) is 3.40. The number of carbonyl (C=O) groups excluding carboxylic acids is 3. The van der Waals surface area contributed by atoms with Gasteiger partial charge in [0.1, 0.15) is 5.57 Å². The maximum atomic E-state index is 12.8. The number of benzene rings is 2. The first-order valence-corrected chi connectivity index (χ1v) is 9.19. The van der Waals surface area contributed by atoms with Gasteiger partial charge in [-0.15, -0.1) is 0 Å². The highest BCUT2D eigenvalue weighted by atomic mass is 16.2. The van der Waals surface area contributed by atoms with Gasteiger partial charge in [-0.3, -0.25) is 19.8 Å². The van der Waals surface area contributed by atoms with E-state index < -0.39 is 17.8 Å². The molecule has 4 rings (SSSR count). The summed E-state index contributed by atoms with van der Waals surface area (Å²) in [6, 6.07) is 16.9. The molecule has 5 heteroatoms. The number of urea groups is 1. The maximum absolute atomic E-state index is 12.8. The number of barbiturate groups is 1. The van der Waals surface area contributed by atoms with E-state index >= 15 is 0 Å². The summed E-state index contributed by atoms with van der Waals surface area (Å²) in [5.74, 6) is -1.13. The van der Waals surface area contributed by atoms with Crippen molar-refractivity contribution >= 4 is 23.9 Å². The summed E-state index contributed by atoms with van der Waals surface area (Å²) < 4.78 is 0. The molecule has 2 aromatic rings. The highest BCUT2D eigenvalue weighted by molar-refractivity contribution is 6.31. The minimum Gasteiger partial charge on any atom is -0.273 e. The van der Waals surface area contributed by atoms with Crippen LogP contribution in [0.4, 0.5) is 4.79 Å². The van der Waals surface area contributed by atoms with E-state index in [1.807, 2.05) is 54.6 Å². The topological polar surface area (TPSA) is 66.5 Å². The van der Waals surface area contributed by atoms with E-state index in [0.29, 0.717) is 0 Å². The first-order valence-electron chi connectivity index (χ1n) is 9.19. The quantitative estimate of drug-likeness (QED) is 0.669. The number of rotatable bonds is 3. The van der Waals surface area contributed by atoms with Crippen molar-refractivity contribution in [3.63, 3.8) is 0 Å². The van der Waals surface area contributed by atoms with Crippen LogP contribution in [0, 0.1) is 0 Å². The second-order valence-electron chi connectivity index (χ2n) is 6.92. The van der Waals surface area contributed by atoms with E-state index in [4.69, 9.17) is 0 Å². The van der Waals surface area contributed by atoms with Gasteiger partial charge < -0.3 is 0 Å². The van der Waals surface area contributed by atoms with Crippen molar-refractivity contribution in [3.8, 4) is 11.1 Å². The summed E-state index contributed by atoms with van der Waals surface area (Å²) in [6.07, 6.45) is 5.14. The molecule has 5 nitrogen and oxygen atoms in total. The molecule has 0 unspecified atom stereocenters. The molecule has 27 heavy (non-hydrogen) atoms. The van der Waals surface area contributed by atoms with Crippen LogP contribution in [0.5, 0.6) is 0 Å². The Labute approximate surface area is 157 Å². The van der Waals surface area contributed by atoms with E-state index in [1.165, 1.54) is 4.90 Å². The van der Waals surface area contributed by atoms with Crippen LogP contribution in [0.1, 0.15) is 31.2 Å². The predicted octanol–water partition coefficient (Wildman–Crippen LogP) is 3.76. The average molecular weight is 360 g/mol. The fourth-order valence-electron chi connectivity index (χ4n) is 3.73. The first kappa shape index (κ1) is 17.2. The Morgan fingerprint density at radius 2 is 1.48 bits per heavy atom. The van der Waals surface area contributed by atoms with E-state index in [9.17, 15) is 14.4 Å². The van der Waals surface area contributed by atoms with Gasteiger partial charge in [0.05, 0.1) is 0 Å². The van der Waals surface area contributed by atoms with Crippen LogP contribution in [0.2, 0.25) is 0 Å². The molecule has 0 radical (unpaired) electrons. The zero-order valence-electron chi connectivity index (χ0n) is 14.9. The summed E-state index contributed by atoms with van der Waals surface area (Å²) in [5, 5.41) is 2.30. The van der Waals surface area contributed by atoms with Gasteiger partial charge in [0.15, 0.2) is 0 Å². The van der Waals surface area contributed by atoms with Gasteiger partial charge in [0.25, 0.3) is 11.8 Å². The molecule has 1 saturated heterocycles. The summed E-state index contributed by atoms with van der Waals surface area (Å²) in [5.41, 5.74) is 2.91. The molecule has 0 bridgehead atoms. The highest BCUT2D eigenvalue weighted by Crippen LogP contribution is 2.27. The summed E-state index contributed by atoms with van der Waals surface area (Å²) in [4.78, 5) is 38.4. The Bertz CT molecular complexity index is 910. The zero-order chi connectivity index (χ0) is 18.8. The molecule has 136 valence electrons. The summed E-state index contributed by atoms with van der Waals surface area (Å²) >= 11 is 0. The third-order valence-corrected chi connectivity index (χ3v) is 5.15. The molecule has 1 heterocycles. The number of carbonyl (C=O) groups is 3. The molecule has 0 spiro atoms. The second kappa shape index (κ2) is 7.19. The Hall–Kier alpha value is -3.21. The van der Waals surface area contributed by atoms with Crippen LogP contribution in [-0.4, -0.2) is 28.8 Å². The molecular formula is C22H20N2O3. The maximum Gasteiger partial charge on any atom is 0.331 e. The number of nitrogens with zero attached hydrogens (tertiary/aromatic N) is 1. The normalized spacial score (nSPS) is 19.6. The third-order valence-electron chi connectivity index (χ3n) is 5.15. The Balaban J connectivity index is 1.61. The van der Waals surface area contributed by atoms with Crippen molar-refractivity contribution in [3.05, 3.63) is 65.7 Å². The van der Waals surface area contributed by atoms with Gasteiger partial charge >= 0.3 is 6.03 Å². The van der Waals surface area contributed by atoms with Gasteiger partial charge in [-0.1, -0.05) is 67.4 Å². The molecular weight excluding hydrogens is 340 g/mol. The fraction of sp³-hybridized carbons (Fsp3) is 0.227. The minimum atomic E-state index is -0.633. The van der Waals surface area contributed by atoms with Crippen LogP contribution in [0.15, 0.2) is 60.2 Å². The molecule has 0 atom stereocenters. The molecule has 4 amide bonds. The predicted molar refractivity (Wildman–Crippen MR) is 102 cm³/mol. The number of hydrogen-bond acceptors (Lipinski definition) is 3. The molecule has 1 aliphatic carbocycles. The van der Waals surface area contributed by atoms with Crippen LogP contribution >= 0.6 is 0 Å². The van der Waals surface area contributed by atoms with Gasteiger partial charge in [-0.05, 0) is 35.6 Å². The molecule has 2 aliphatic rings. The Morgan fingerprint density at radius 1 is 0.852 bits per heavy atom. The monoisotopic (exact) mass is 360 g/mol. The number of hydrogen-bond donors (Lipinski definition) is 1. The fourth-order valence-corrected chi connectivity index (χ4v) is 3.73.